The minimum atomic E-state index is -3.01. The highest BCUT2D eigenvalue weighted by molar-refractivity contribution is 7.91. The van der Waals surface area contributed by atoms with Crippen LogP contribution in [0.3, 0.4) is 0 Å². The van der Waals surface area contributed by atoms with E-state index >= 15 is 0 Å². The van der Waals surface area contributed by atoms with Crippen molar-refractivity contribution in [3.05, 3.63) is 17.0 Å². The number of rotatable bonds is 3. The number of thiophene rings is 1. The maximum atomic E-state index is 11.9. The Morgan fingerprint density at radius 2 is 2.21 bits per heavy atom. The summed E-state index contributed by atoms with van der Waals surface area (Å²) < 4.78 is 22.9. The largest absolute Gasteiger partial charge is 0.332 e. The maximum absolute atomic E-state index is 11.9. The van der Waals surface area contributed by atoms with Crippen LogP contribution in [0.2, 0.25) is 0 Å². The van der Waals surface area contributed by atoms with Crippen LogP contribution < -0.4 is 10.6 Å². The van der Waals surface area contributed by atoms with Crippen molar-refractivity contribution in [2.75, 3.05) is 16.8 Å². The van der Waals surface area contributed by atoms with E-state index in [2.05, 4.69) is 17.6 Å². The topological polar surface area (TPSA) is 75.3 Å². The third kappa shape index (κ3) is 3.70. The molecule has 1 aromatic rings. The molecule has 0 bridgehead atoms. The molecule has 0 unspecified atom stereocenters. The number of hydrogen-bond donors (Lipinski definition) is 2. The van der Waals surface area contributed by atoms with Crippen LogP contribution in [0.5, 0.6) is 0 Å². The van der Waals surface area contributed by atoms with Gasteiger partial charge in [-0.1, -0.05) is 6.92 Å². The summed E-state index contributed by atoms with van der Waals surface area (Å²) in [6, 6.07) is 3.49. The van der Waals surface area contributed by atoms with Crippen molar-refractivity contribution in [3.63, 3.8) is 0 Å². The predicted molar refractivity (Wildman–Crippen MR) is 77.5 cm³/mol. The molecule has 0 aromatic carbocycles. The van der Waals surface area contributed by atoms with E-state index in [0.29, 0.717) is 6.42 Å². The predicted octanol–water partition coefficient (Wildman–Crippen LogP) is 2.01. The summed E-state index contributed by atoms with van der Waals surface area (Å²) in [5, 5.41) is 6.29. The molecule has 0 spiro atoms. The van der Waals surface area contributed by atoms with E-state index in [0.717, 1.165) is 11.4 Å². The quantitative estimate of drug-likeness (QED) is 0.897. The van der Waals surface area contributed by atoms with Crippen LogP contribution in [0.1, 0.15) is 25.1 Å². The second-order valence-electron chi connectivity index (χ2n) is 5.10. The zero-order chi connectivity index (χ0) is 14.1. The van der Waals surface area contributed by atoms with Gasteiger partial charge in [-0.15, -0.1) is 11.3 Å². The van der Waals surface area contributed by atoms with Crippen LogP contribution in [0.4, 0.5) is 9.80 Å². The second kappa shape index (κ2) is 5.13. The second-order valence-corrected chi connectivity index (χ2v) is 8.45. The van der Waals surface area contributed by atoms with Crippen molar-refractivity contribution < 1.29 is 13.2 Å². The minimum absolute atomic E-state index is 0.0120. The van der Waals surface area contributed by atoms with Gasteiger partial charge in [0.1, 0.15) is 0 Å². The summed E-state index contributed by atoms with van der Waals surface area (Å²) >= 11 is 1.53. The lowest BCUT2D eigenvalue weighted by Gasteiger charge is -2.23. The molecule has 1 aliphatic rings. The summed E-state index contributed by atoms with van der Waals surface area (Å²) in [6.07, 6.45) is 1.40. The van der Waals surface area contributed by atoms with Crippen molar-refractivity contribution in [1.29, 1.82) is 0 Å². The molecule has 0 saturated carbocycles. The van der Waals surface area contributed by atoms with Crippen LogP contribution in [-0.4, -0.2) is 31.5 Å². The molecule has 7 heteroatoms. The molecule has 1 aliphatic heterocycles. The van der Waals surface area contributed by atoms with Gasteiger partial charge in [0.25, 0.3) is 0 Å². The average Bonchev–Trinajstić information content (AvgIpc) is 2.83. The molecular weight excluding hydrogens is 284 g/mol. The number of amides is 2. The van der Waals surface area contributed by atoms with Gasteiger partial charge in [0, 0.05) is 4.88 Å². The van der Waals surface area contributed by atoms with Gasteiger partial charge in [-0.3, -0.25) is 5.32 Å². The van der Waals surface area contributed by atoms with Gasteiger partial charge in [0.2, 0.25) is 0 Å². The summed E-state index contributed by atoms with van der Waals surface area (Å²) in [5.41, 5.74) is -0.659. The Bertz CT molecular complexity index is 580. The van der Waals surface area contributed by atoms with Crippen LogP contribution in [0.25, 0.3) is 0 Å². The molecule has 1 saturated heterocycles. The number of carbonyl (C=O) groups excluding carboxylic acids is 1. The first-order valence-corrected chi connectivity index (χ1v) is 8.84. The van der Waals surface area contributed by atoms with Gasteiger partial charge < -0.3 is 5.32 Å². The first-order chi connectivity index (χ1) is 8.82. The molecule has 19 heavy (non-hydrogen) atoms. The van der Waals surface area contributed by atoms with E-state index in [4.69, 9.17) is 0 Å². The molecule has 0 aliphatic carbocycles. The zero-order valence-electron chi connectivity index (χ0n) is 11.0. The Hall–Kier alpha value is -1.08. The average molecular weight is 302 g/mol. The normalized spacial score (nSPS) is 25.2. The SMILES string of the molecule is CCc1ccc(NC(=O)N[C@@]2(C)CCS(=O)(=O)C2)s1. The van der Waals surface area contributed by atoms with Crippen LogP contribution in [-0.2, 0) is 16.3 Å². The number of hydrogen-bond acceptors (Lipinski definition) is 4. The fraction of sp³-hybridized carbons (Fsp3) is 0.583. The van der Waals surface area contributed by atoms with Gasteiger partial charge in [-0.05, 0) is 31.9 Å². The Morgan fingerprint density at radius 3 is 2.74 bits per heavy atom. The van der Waals surface area contributed by atoms with Gasteiger partial charge in [0.05, 0.1) is 22.0 Å². The van der Waals surface area contributed by atoms with E-state index in [9.17, 15) is 13.2 Å². The van der Waals surface area contributed by atoms with E-state index in [1.807, 2.05) is 12.1 Å². The zero-order valence-corrected chi connectivity index (χ0v) is 12.7. The lowest BCUT2D eigenvalue weighted by Crippen LogP contribution is -2.48. The van der Waals surface area contributed by atoms with Crippen molar-refractivity contribution >= 4 is 32.2 Å². The van der Waals surface area contributed by atoms with Crippen molar-refractivity contribution in [2.45, 2.75) is 32.2 Å². The highest BCUT2D eigenvalue weighted by Crippen LogP contribution is 2.24. The standard InChI is InChI=1S/C12H18N2O3S2/c1-3-9-4-5-10(18-9)13-11(15)14-12(2)6-7-19(16,17)8-12/h4-5H,3,6-8H2,1-2H3,(H2,13,14,15)/t12-/m0/s1. The highest BCUT2D eigenvalue weighted by atomic mass is 32.2. The lowest BCUT2D eigenvalue weighted by molar-refractivity contribution is 0.242. The molecule has 0 radical (unpaired) electrons. The first-order valence-electron chi connectivity index (χ1n) is 6.20. The number of aryl methyl sites for hydroxylation is 1. The Balaban J connectivity index is 1.95. The molecule has 2 N–H and O–H groups in total. The number of nitrogens with one attached hydrogen (secondary N) is 2. The molecule has 106 valence electrons. The Labute approximate surface area is 117 Å². The third-order valence-corrected chi connectivity index (χ3v) is 6.21. The minimum Gasteiger partial charge on any atom is -0.332 e. The van der Waals surface area contributed by atoms with Crippen molar-refractivity contribution in [3.8, 4) is 0 Å². The molecular formula is C12H18N2O3S2. The van der Waals surface area contributed by atoms with E-state index in [-0.39, 0.29) is 17.5 Å². The summed E-state index contributed by atoms with van der Waals surface area (Å²) in [6.45, 7) is 3.82. The number of carbonyl (C=O) groups is 1. The molecule has 1 aromatic heterocycles. The number of anilines is 1. The smallest absolute Gasteiger partial charge is 0.320 e. The van der Waals surface area contributed by atoms with Crippen LogP contribution >= 0.6 is 11.3 Å². The summed E-state index contributed by atoms with van der Waals surface area (Å²) in [5.74, 6) is 0.154. The fourth-order valence-electron chi connectivity index (χ4n) is 2.16. The highest BCUT2D eigenvalue weighted by Gasteiger charge is 2.39. The molecule has 1 fully saturated rings. The first kappa shape index (κ1) is 14.3. The molecule has 2 amide bonds. The van der Waals surface area contributed by atoms with Gasteiger partial charge in [0.15, 0.2) is 9.84 Å². The van der Waals surface area contributed by atoms with Crippen LogP contribution in [0, 0.1) is 0 Å². The molecule has 2 rings (SSSR count). The molecule has 2 heterocycles. The van der Waals surface area contributed by atoms with E-state index < -0.39 is 15.4 Å². The van der Waals surface area contributed by atoms with Crippen molar-refractivity contribution in [1.82, 2.24) is 5.32 Å². The number of urea groups is 1. The Morgan fingerprint density at radius 1 is 1.47 bits per heavy atom. The number of sulfone groups is 1. The summed E-state index contributed by atoms with van der Waals surface area (Å²) in [7, 11) is -3.01. The van der Waals surface area contributed by atoms with E-state index in [1.54, 1.807) is 6.92 Å². The molecule has 1 atom stereocenters. The Kier molecular flexibility index (Phi) is 3.87. The van der Waals surface area contributed by atoms with Gasteiger partial charge >= 0.3 is 6.03 Å². The molecule has 5 nitrogen and oxygen atoms in total. The third-order valence-electron chi connectivity index (χ3n) is 3.17. The van der Waals surface area contributed by atoms with Crippen molar-refractivity contribution in [2.24, 2.45) is 0 Å². The lowest BCUT2D eigenvalue weighted by atomic mass is 10.0. The fourth-order valence-corrected chi connectivity index (χ4v) is 5.10. The summed E-state index contributed by atoms with van der Waals surface area (Å²) in [4.78, 5) is 13.1. The monoisotopic (exact) mass is 302 g/mol. The van der Waals surface area contributed by atoms with Gasteiger partial charge in [-0.25, -0.2) is 13.2 Å². The van der Waals surface area contributed by atoms with E-state index in [1.165, 1.54) is 16.2 Å². The van der Waals surface area contributed by atoms with Gasteiger partial charge in [-0.2, -0.15) is 0 Å². The van der Waals surface area contributed by atoms with Crippen LogP contribution in [0.15, 0.2) is 12.1 Å². The maximum Gasteiger partial charge on any atom is 0.320 e.